The van der Waals surface area contributed by atoms with E-state index in [0.717, 1.165) is 9.13 Å². The molecule has 0 bridgehead atoms. The molecule has 7 nitrogen and oxygen atoms in total. The summed E-state index contributed by atoms with van der Waals surface area (Å²) in [5, 5.41) is 0. The average molecular weight is 281 g/mol. The van der Waals surface area contributed by atoms with Crippen LogP contribution in [0.15, 0.2) is 15.9 Å². The molecule has 0 N–H and O–H groups in total. The van der Waals surface area contributed by atoms with Gasteiger partial charge < -0.3 is 9.36 Å². The zero-order valence-electron chi connectivity index (χ0n) is 14.4. The molecule has 0 aromatic carbocycles. The van der Waals surface area contributed by atoms with E-state index in [0.29, 0.717) is 19.3 Å². The van der Waals surface area contributed by atoms with Crippen molar-refractivity contribution >= 4 is 16.9 Å². The number of aryl methyl sites for hydroxylation is 2. The fraction of sp³-hybridized carbons (Fsp3) is 0.538. The van der Waals surface area contributed by atoms with E-state index in [1.807, 2.05) is 0 Å². The first-order chi connectivity index (χ1) is 10.8. The average Bonchev–Trinajstić information content (AvgIpc) is 2.73. The Labute approximate surface area is 119 Å². The molecule has 20 heavy (non-hydrogen) atoms. The topological polar surface area (TPSA) is 78.9 Å². The second kappa shape index (κ2) is 5.44. The van der Waals surface area contributed by atoms with E-state index in [1.54, 1.807) is 0 Å². The maximum Gasteiger partial charge on any atom is 0.332 e. The van der Waals surface area contributed by atoms with Crippen molar-refractivity contribution in [1.29, 1.82) is 0 Å². The molecule has 0 amide bonds. The largest absolute Gasteiger partial charge is 0.332 e. The molecule has 0 spiro atoms. The second-order valence-corrected chi connectivity index (χ2v) is 4.71. The first-order valence-electron chi connectivity index (χ1n) is 7.93. The molecule has 0 unspecified atom stereocenters. The summed E-state index contributed by atoms with van der Waals surface area (Å²) in [6.45, 7) is -0.114. The zero-order valence-corrected chi connectivity index (χ0v) is 11.4. The van der Waals surface area contributed by atoms with E-state index in [-0.39, 0.29) is 29.8 Å². The highest BCUT2D eigenvalue weighted by atomic mass is 16.2. The molecule has 108 valence electrons. The molecule has 0 saturated carbocycles. The smallest absolute Gasteiger partial charge is 0.328 e. The van der Waals surface area contributed by atoms with Crippen molar-refractivity contribution in [2.24, 2.45) is 14.0 Å². The Hall–Kier alpha value is -2.18. The first kappa shape index (κ1) is 10.6. The predicted octanol–water partition coefficient (Wildman–Crippen LogP) is 0.193. The molecular weight excluding hydrogens is 260 g/mol. The van der Waals surface area contributed by atoms with Gasteiger partial charge in [0.05, 0.1) is 6.30 Å². The van der Waals surface area contributed by atoms with Crippen LogP contribution in [-0.2, 0) is 25.4 Å². The summed E-state index contributed by atoms with van der Waals surface area (Å²) in [5.74, 6) is 0.0353. The summed E-state index contributed by atoms with van der Waals surface area (Å²) >= 11 is 0. The lowest BCUT2D eigenvalue weighted by Gasteiger charge is -2.08. The first-order valence-corrected chi connectivity index (χ1v) is 6.28. The van der Waals surface area contributed by atoms with Crippen LogP contribution in [0.3, 0.4) is 0 Å². The number of aromatic nitrogens is 4. The van der Waals surface area contributed by atoms with E-state index in [1.165, 1.54) is 18.5 Å². The molecule has 0 aliphatic heterocycles. The van der Waals surface area contributed by atoms with Crippen LogP contribution in [0.1, 0.15) is 30.3 Å². The highest BCUT2D eigenvalue weighted by Crippen LogP contribution is 2.04. The molecular formula is C13H18N4O3. The highest BCUT2D eigenvalue weighted by molar-refractivity contribution is 5.75. The number of ketones is 1. The van der Waals surface area contributed by atoms with Crippen LogP contribution < -0.4 is 11.2 Å². The Morgan fingerprint density at radius 3 is 2.85 bits per heavy atom. The number of nitrogens with zero attached hydrogens (tertiary/aromatic N) is 4. The minimum atomic E-state index is -1.68. The van der Waals surface area contributed by atoms with Gasteiger partial charge in [0.15, 0.2) is 11.2 Å². The maximum atomic E-state index is 12.5. The molecule has 2 heterocycles. The van der Waals surface area contributed by atoms with Gasteiger partial charge in [-0.2, -0.15) is 0 Å². The van der Waals surface area contributed by atoms with Crippen LogP contribution in [0, 0.1) is 0 Å². The number of imidazole rings is 1. The lowest BCUT2D eigenvalue weighted by Crippen LogP contribution is -2.39. The summed E-state index contributed by atoms with van der Waals surface area (Å²) in [7, 11) is 1.47. The van der Waals surface area contributed by atoms with Gasteiger partial charge in [-0.25, -0.2) is 9.78 Å². The Kier molecular flexibility index (Phi) is 2.88. The van der Waals surface area contributed by atoms with Gasteiger partial charge in [0.1, 0.15) is 7.15 Å². The van der Waals surface area contributed by atoms with E-state index >= 15 is 0 Å². The number of unbranched alkanes of at least 4 members (excludes halogenated alkanes) is 1. The summed E-state index contributed by atoms with van der Waals surface area (Å²) < 4.78 is 25.6. The second-order valence-electron chi connectivity index (χ2n) is 4.71. The van der Waals surface area contributed by atoms with Crippen LogP contribution in [0.4, 0.5) is 0 Å². The van der Waals surface area contributed by atoms with Gasteiger partial charge in [0.25, 0.3) is 5.56 Å². The molecule has 0 aliphatic carbocycles. The van der Waals surface area contributed by atoms with Gasteiger partial charge in [-0.05, 0) is 19.8 Å². The number of carbonyl (C=O) groups is 1. The molecule has 0 radical (unpaired) electrons. The number of rotatable bonds is 5. The Morgan fingerprint density at radius 2 is 2.20 bits per heavy atom. The Balaban J connectivity index is 2.56. The third-order valence-electron chi connectivity index (χ3n) is 3.13. The minimum absolute atomic E-state index is 0.0191. The highest BCUT2D eigenvalue weighted by Gasteiger charge is 2.14. The van der Waals surface area contributed by atoms with Crippen LogP contribution in [0.25, 0.3) is 11.2 Å². The lowest BCUT2D eigenvalue weighted by atomic mass is 10.2. The third-order valence-corrected chi connectivity index (χ3v) is 3.13. The van der Waals surface area contributed by atoms with Gasteiger partial charge in [0.2, 0.25) is 0 Å². The van der Waals surface area contributed by atoms with E-state index in [9.17, 15) is 14.4 Å². The van der Waals surface area contributed by atoms with Crippen LogP contribution >= 0.6 is 0 Å². The normalized spacial score (nSPS) is 13.4. The summed E-state index contributed by atoms with van der Waals surface area (Å²) in [4.78, 5) is 39.7. The summed E-state index contributed by atoms with van der Waals surface area (Å²) in [5.41, 5.74) is -1.50. The van der Waals surface area contributed by atoms with Crippen molar-refractivity contribution in [3.8, 4) is 0 Å². The van der Waals surface area contributed by atoms with Gasteiger partial charge in [0, 0.05) is 29.8 Å². The van der Waals surface area contributed by atoms with Gasteiger partial charge in [-0.3, -0.25) is 13.9 Å². The number of Topliss-reactive ketones (excluding diaryl/α,β-unsaturated/α-hetero) is 1. The van der Waals surface area contributed by atoms with Gasteiger partial charge in [-0.1, -0.05) is 0 Å². The molecule has 0 fully saturated rings. The van der Waals surface area contributed by atoms with Crippen molar-refractivity contribution < 1.29 is 8.91 Å². The molecule has 0 saturated heterocycles. The molecule has 2 rings (SSSR count). The van der Waals surface area contributed by atoms with Crippen molar-refractivity contribution in [2.75, 3.05) is 0 Å². The van der Waals surface area contributed by atoms with E-state index in [2.05, 4.69) is 4.98 Å². The van der Waals surface area contributed by atoms with Crippen LogP contribution in [0.2, 0.25) is 0 Å². The maximum absolute atomic E-state index is 12.5. The van der Waals surface area contributed by atoms with Crippen molar-refractivity contribution in [1.82, 2.24) is 18.7 Å². The standard InChI is InChI=1S/C13H18N4O3/c1-9(18)6-4-5-7-17-12(19)10-11(14-8-15(10)2)16(3)13(17)20/h8H,4-7H2,1-3H3/i3D2,8D. The fourth-order valence-corrected chi connectivity index (χ4v) is 2.06. The monoisotopic (exact) mass is 281 g/mol. The Bertz CT molecular complexity index is 866. The summed E-state index contributed by atoms with van der Waals surface area (Å²) in [6, 6.07) is 0. The molecule has 0 atom stereocenters. The van der Waals surface area contributed by atoms with Gasteiger partial charge >= 0.3 is 5.69 Å². The molecule has 2 aromatic rings. The quantitative estimate of drug-likeness (QED) is 0.733. The predicted molar refractivity (Wildman–Crippen MR) is 74.7 cm³/mol. The molecule has 7 heteroatoms. The number of fused-ring (bicyclic) bond motifs is 1. The van der Waals surface area contributed by atoms with E-state index in [4.69, 9.17) is 4.11 Å². The number of hydrogen-bond acceptors (Lipinski definition) is 4. The number of hydrogen-bond donors (Lipinski definition) is 0. The lowest BCUT2D eigenvalue weighted by molar-refractivity contribution is -0.117. The molecule has 0 aliphatic rings. The van der Waals surface area contributed by atoms with E-state index < -0.39 is 18.2 Å². The Morgan fingerprint density at radius 1 is 1.45 bits per heavy atom. The van der Waals surface area contributed by atoms with Crippen LogP contribution in [-0.4, -0.2) is 24.5 Å². The fourth-order valence-electron chi connectivity index (χ4n) is 2.06. The van der Waals surface area contributed by atoms with Crippen molar-refractivity contribution in [3.05, 3.63) is 27.1 Å². The summed E-state index contributed by atoms with van der Waals surface area (Å²) in [6.07, 6.45) is 1.14. The van der Waals surface area contributed by atoms with Crippen molar-refractivity contribution in [3.63, 3.8) is 0 Å². The number of carbonyl (C=O) groups excluding carboxylic acids is 1. The third kappa shape index (κ3) is 2.43. The van der Waals surface area contributed by atoms with Crippen LogP contribution in [0.5, 0.6) is 0 Å². The minimum Gasteiger partial charge on any atom is -0.328 e. The van der Waals surface area contributed by atoms with Gasteiger partial charge in [-0.15, -0.1) is 0 Å². The zero-order chi connectivity index (χ0) is 17.3. The SMILES string of the molecule is [2H]c1nc2c(c(=O)n(CCCCC(C)=O)c(=O)n2C([2H])[2H])n1C. The van der Waals surface area contributed by atoms with Crippen molar-refractivity contribution in [2.45, 2.75) is 32.7 Å². The molecule has 2 aromatic heterocycles.